The van der Waals surface area contributed by atoms with E-state index in [2.05, 4.69) is 20.5 Å². The summed E-state index contributed by atoms with van der Waals surface area (Å²) in [6.07, 6.45) is 4.10. The molecule has 0 radical (unpaired) electrons. The highest BCUT2D eigenvalue weighted by Gasteiger charge is 2.34. The normalized spacial score (nSPS) is 16.6. The maximum atomic E-state index is 12.6. The van der Waals surface area contributed by atoms with Gasteiger partial charge in [0.2, 0.25) is 0 Å². The fourth-order valence-electron chi connectivity index (χ4n) is 3.97. The van der Waals surface area contributed by atoms with Gasteiger partial charge in [-0.05, 0) is 50.3 Å². The smallest absolute Gasteiger partial charge is 0.263 e. The van der Waals surface area contributed by atoms with E-state index in [-0.39, 0.29) is 11.4 Å². The standard InChI is InChI=1S/C24H25N5O3S/c1-24(2)14-17-21(22(30)28-24)33-23(27-17)29-10-12-32-19-8-7-16(13-18(19)29)26-20-6-4-5-15(25-20)9-11-31-3/h4-9,11,13H,10,12,14H2,1-3H3,(H,25,26)(H,28,30). The number of carbonyl (C=O) groups is 1. The van der Waals surface area contributed by atoms with Crippen LogP contribution in [0.2, 0.25) is 0 Å². The Labute approximate surface area is 196 Å². The number of benzene rings is 1. The predicted octanol–water partition coefficient (Wildman–Crippen LogP) is 4.49. The number of hydrogen-bond acceptors (Lipinski definition) is 8. The number of aromatic nitrogens is 2. The molecule has 33 heavy (non-hydrogen) atoms. The molecule has 0 bridgehead atoms. The Bertz CT molecular complexity index is 1240. The Hall–Kier alpha value is -3.59. The van der Waals surface area contributed by atoms with Crippen LogP contribution in [-0.2, 0) is 11.2 Å². The van der Waals surface area contributed by atoms with Crippen LogP contribution in [0.1, 0.15) is 34.9 Å². The highest BCUT2D eigenvalue weighted by atomic mass is 32.1. The molecule has 0 spiro atoms. The zero-order valence-electron chi connectivity index (χ0n) is 18.7. The number of thiazole rings is 1. The van der Waals surface area contributed by atoms with Crippen molar-refractivity contribution >= 4 is 45.6 Å². The summed E-state index contributed by atoms with van der Waals surface area (Å²) in [6.45, 7) is 5.24. The molecule has 5 rings (SSSR count). The number of rotatable bonds is 5. The number of nitrogens with one attached hydrogen (secondary N) is 2. The number of pyridine rings is 1. The second kappa shape index (κ2) is 8.40. The van der Waals surface area contributed by atoms with E-state index >= 15 is 0 Å². The first kappa shape index (κ1) is 21.3. The third kappa shape index (κ3) is 4.36. The summed E-state index contributed by atoms with van der Waals surface area (Å²) in [4.78, 5) is 24.8. The lowest BCUT2D eigenvalue weighted by Crippen LogP contribution is -2.48. The van der Waals surface area contributed by atoms with Gasteiger partial charge in [0.05, 0.1) is 37.0 Å². The zero-order chi connectivity index (χ0) is 23.0. The molecule has 0 unspecified atom stereocenters. The molecule has 170 valence electrons. The molecule has 0 fully saturated rings. The van der Waals surface area contributed by atoms with Crippen molar-refractivity contribution in [1.29, 1.82) is 0 Å². The Morgan fingerprint density at radius 2 is 2.15 bits per heavy atom. The maximum absolute atomic E-state index is 12.6. The summed E-state index contributed by atoms with van der Waals surface area (Å²) >= 11 is 1.43. The third-order valence-corrected chi connectivity index (χ3v) is 6.54. The fourth-order valence-corrected chi connectivity index (χ4v) is 4.99. The Balaban J connectivity index is 1.44. The number of hydrogen-bond donors (Lipinski definition) is 2. The minimum atomic E-state index is -0.296. The predicted molar refractivity (Wildman–Crippen MR) is 130 cm³/mol. The molecule has 1 aromatic carbocycles. The van der Waals surface area contributed by atoms with Gasteiger partial charge in [0.1, 0.15) is 23.1 Å². The Morgan fingerprint density at radius 3 is 3.00 bits per heavy atom. The van der Waals surface area contributed by atoms with Gasteiger partial charge in [0.15, 0.2) is 5.13 Å². The van der Waals surface area contributed by atoms with Crippen molar-refractivity contribution in [2.24, 2.45) is 0 Å². The lowest BCUT2D eigenvalue weighted by molar-refractivity contribution is 0.0901. The van der Waals surface area contributed by atoms with E-state index in [4.69, 9.17) is 14.5 Å². The molecular weight excluding hydrogens is 438 g/mol. The van der Waals surface area contributed by atoms with Crippen LogP contribution in [0.25, 0.3) is 6.08 Å². The van der Waals surface area contributed by atoms with E-state index in [1.165, 1.54) is 11.3 Å². The van der Waals surface area contributed by atoms with Crippen molar-refractivity contribution in [3.8, 4) is 5.75 Å². The van der Waals surface area contributed by atoms with Crippen LogP contribution in [0.4, 0.5) is 22.3 Å². The van der Waals surface area contributed by atoms with Gasteiger partial charge in [0.25, 0.3) is 5.91 Å². The van der Waals surface area contributed by atoms with Crippen LogP contribution in [-0.4, -0.2) is 41.7 Å². The summed E-state index contributed by atoms with van der Waals surface area (Å²) in [5.74, 6) is 1.46. The minimum Gasteiger partial charge on any atom is -0.504 e. The lowest BCUT2D eigenvalue weighted by atomic mass is 9.94. The van der Waals surface area contributed by atoms with Gasteiger partial charge < -0.3 is 25.0 Å². The number of fused-ring (bicyclic) bond motifs is 2. The number of methoxy groups -OCH3 is 1. The molecule has 0 atom stereocenters. The van der Waals surface area contributed by atoms with Crippen LogP contribution in [0, 0.1) is 0 Å². The molecule has 2 N–H and O–H groups in total. The van der Waals surface area contributed by atoms with Crippen molar-refractivity contribution in [1.82, 2.24) is 15.3 Å². The highest BCUT2D eigenvalue weighted by molar-refractivity contribution is 7.17. The van der Waals surface area contributed by atoms with Crippen molar-refractivity contribution in [3.63, 3.8) is 0 Å². The van der Waals surface area contributed by atoms with Gasteiger partial charge in [-0.25, -0.2) is 9.97 Å². The van der Waals surface area contributed by atoms with Gasteiger partial charge in [-0.2, -0.15) is 0 Å². The monoisotopic (exact) mass is 463 g/mol. The van der Waals surface area contributed by atoms with Crippen molar-refractivity contribution in [2.45, 2.75) is 25.8 Å². The lowest BCUT2D eigenvalue weighted by Gasteiger charge is -2.30. The maximum Gasteiger partial charge on any atom is 0.263 e. The van der Waals surface area contributed by atoms with E-state index in [1.54, 1.807) is 19.4 Å². The van der Waals surface area contributed by atoms with E-state index < -0.39 is 0 Å². The van der Waals surface area contributed by atoms with Gasteiger partial charge >= 0.3 is 0 Å². The molecule has 0 saturated carbocycles. The van der Waals surface area contributed by atoms with E-state index in [0.29, 0.717) is 24.4 Å². The summed E-state index contributed by atoms with van der Waals surface area (Å²) in [5, 5.41) is 7.22. The van der Waals surface area contributed by atoms with Crippen LogP contribution >= 0.6 is 11.3 Å². The molecule has 2 aliphatic heterocycles. The number of carbonyl (C=O) groups excluding carboxylic acids is 1. The average Bonchev–Trinajstić information content (AvgIpc) is 3.20. The van der Waals surface area contributed by atoms with E-state index in [0.717, 1.165) is 39.5 Å². The first-order valence-electron chi connectivity index (χ1n) is 10.7. The number of anilines is 4. The molecule has 0 saturated heterocycles. The molecule has 2 aromatic heterocycles. The van der Waals surface area contributed by atoms with Crippen LogP contribution in [0.3, 0.4) is 0 Å². The summed E-state index contributed by atoms with van der Waals surface area (Å²) in [6, 6.07) is 11.7. The van der Waals surface area contributed by atoms with Crippen LogP contribution in [0.15, 0.2) is 42.7 Å². The molecule has 0 aliphatic carbocycles. The first-order valence-corrected chi connectivity index (χ1v) is 11.5. The zero-order valence-corrected chi connectivity index (χ0v) is 19.5. The average molecular weight is 464 g/mol. The Morgan fingerprint density at radius 1 is 1.27 bits per heavy atom. The third-order valence-electron chi connectivity index (χ3n) is 5.42. The quantitative estimate of drug-likeness (QED) is 0.539. The minimum absolute atomic E-state index is 0.0534. The van der Waals surface area contributed by atoms with Gasteiger partial charge in [-0.3, -0.25) is 4.79 Å². The number of nitrogens with zero attached hydrogens (tertiary/aromatic N) is 3. The highest BCUT2D eigenvalue weighted by Crippen LogP contribution is 2.42. The Kier molecular flexibility index (Phi) is 5.41. The summed E-state index contributed by atoms with van der Waals surface area (Å²) in [5.41, 5.74) is 3.14. The van der Waals surface area contributed by atoms with Gasteiger partial charge in [-0.15, -0.1) is 0 Å². The van der Waals surface area contributed by atoms with Gasteiger partial charge in [-0.1, -0.05) is 17.4 Å². The SMILES string of the molecule is COC=Cc1cccc(Nc2ccc3c(c2)N(c2nc4c(s2)C(=O)NC(C)(C)C4)CCO3)n1. The fraction of sp³-hybridized carbons (Fsp3) is 0.292. The van der Waals surface area contributed by atoms with Gasteiger partial charge in [0, 0.05) is 17.6 Å². The van der Waals surface area contributed by atoms with Crippen LogP contribution in [0.5, 0.6) is 5.75 Å². The number of ether oxygens (including phenoxy) is 2. The molecule has 9 heteroatoms. The van der Waals surface area contributed by atoms with E-state index in [1.807, 2.05) is 50.2 Å². The molecule has 1 amide bonds. The largest absolute Gasteiger partial charge is 0.504 e. The van der Waals surface area contributed by atoms with Crippen molar-refractivity contribution in [2.75, 3.05) is 30.5 Å². The van der Waals surface area contributed by atoms with E-state index in [9.17, 15) is 4.79 Å². The number of amides is 1. The molecule has 4 heterocycles. The second-order valence-electron chi connectivity index (χ2n) is 8.58. The second-order valence-corrected chi connectivity index (χ2v) is 9.56. The summed E-state index contributed by atoms with van der Waals surface area (Å²) < 4.78 is 10.9. The molecule has 2 aliphatic rings. The van der Waals surface area contributed by atoms with Crippen LogP contribution < -0.4 is 20.3 Å². The topological polar surface area (TPSA) is 88.6 Å². The molecule has 8 nitrogen and oxygen atoms in total. The molecule has 3 aromatic rings. The first-order chi connectivity index (χ1) is 15.9. The molecular formula is C24H25N5O3S. The summed E-state index contributed by atoms with van der Waals surface area (Å²) in [7, 11) is 1.60. The van der Waals surface area contributed by atoms with Crippen molar-refractivity contribution < 1.29 is 14.3 Å². The van der Waals surface area contributed by atoms with Crippen molar-refractivity contribution in [3.05, 3.63) is 58.9 Å².